The number of primary amides is 1. The van der Waals surface area contributed by atoms with Crippen molar-refractivity contribution < 1.29 is 27.5 Å². The zero-order valence-electron chi connectivity index (χ0n) is 10.5. The number of rotatable bonds is 6. The largest absolute Gasteiger partial charge is 0.478 e. The van der Waals surface area contributed by atoms with Crippen molar-refractivity contribution in [2.75, 3.05) is 13.1 Å². The van der Waals surface area contributed by atoms with Gasteiger partial charge in [-0.05, 0) is 18.2 Å². The van der Waals surface area contributed by atoms with Crippen LogP contribution in [0, 0.1) is 5.82 Å². The molecule has 0 spiro atoms. The summed E-state index contributed by atoms with van der Waals surface area (Å²) in [6.07, 6.45) is 0. The number of carbonyl (C=O) groups is 2. The second kappa shape index (κ2) is 5.97. The fourth-order valence-corrected chi connectivity index (χ4v) is 3.02. The van der Waals surface area contributed by atoms with Gasteiger partial charge in [-0.25, -0.2) is 17.6 Å². The number of nitrogens with two attached hydrogens (primary N) is 1. The summed E-state index contributed by atoms with van der Waals surface area (Å²) < 4.78 is 38.7. The van der Waals surface area contributed by atoms with Crippen LogP contribution in [0.2, 0.25) is 0 Å². The van der Waals surface area contributed by atoms with E-state index in [0.717, 1.165) is 12.1 Å². The number of amides is 1. The summed E-state index contributed by atoms with van der Waals surface area (Å²) in [6.45, 7) is 0.719. The highest BCUT2D eigenvalue weighted by Gasteiger charge is 2.28. The van der Waals surface area contributed by atoms with Gasteiger partial charge in [-0.2, -0.15) is 4.31 Å². The van der Waals surface area contributed by atoms with Crippen LogP contribution in [0.4, 0.5) is 4.39 Å². The summed E-state index contributed by atoms with van der Waals surface area (Å²) in [4.78, 5) is 20.8. The van der Waals surface area contributed by atoms with Crippen molar-refractivity contribution in [3.8, 4) is 0 Å². The van der Waals surface area contributed by atoms with Gasteiger partial charge in [0.2, 0.25) is 15.9 Å². The molecule has 3 N–H and O–H groups in total. The summed E-state index contributed by atoms with van der Waals surface area (Å²) in [5.74, 6) is -3.39. The lowest BCUT2D eigenvalue weighted by atomic mass is 10.2. The van der Waals surface area contributed by atoms with E-state index in [9.17, 15) is 22.4 Å². The molecule has 0 aliphatic carbocycles. The van der Waals surface area contributed by atoms with Crippen LogP contribution in [0.3, 0.4) is 0 Å². The summed E-state index contributed by atoms with van der Waals surface area (Å²) in [7, 11) is -4.34. The van der Waals surface area contributed by atoms with Crippen LogP contribution in [0.25, 0.3) is 0 Å². The van der Waals surface area contributed by atoms with E-state index in [-0.39, 0.29) is 12.1 Å². The fourth-order valence-electron chi connectivity index (χ4n) is 1.51. The average Bonchev–Trinajstić information content (AvgIpc) is 2.35. The molecular formula is C11H13FN2O5S. The van der Waals surface area contributed by atoms with Crippen molar-refractivity contribution >= 4 is 21.9 Å². The molecule has 1 rings (SSSR count). The van der Waals surface area contributed by atoms with E-state index in [1.807, 2.05) is 0 Å². The lowest BCUT2D eigenvalue weighted by Crippen LogP contribution is -2.38. The quantitative estimate of drug-likeness (QED) is 0.768. The third kappa shape index (κ3) is 3.31. The Balaban J connectivity index is 3.36. The van der Waals surface area contributed by atoms with Crippen molar-refractivity contribution in [1.82, 2.24) is 4.31 Å². The molecule has 1 aromatic carbocycles. The van der Waals surface area contributed by atoms with Crippen molar-refractivity contribution in [2.45, 2.75) is 11.8 Å². The highest BCUT2D eigenvalue weighted by molar-refractivity contribution is 7.89. The second-order valence-corrected chi connectivity index (χ2v) is 5.75. The molecule has 0 saturated heterocycles. The Labute approximate surface area is 114 Å². The smallest absolute Gasteiger partial charge is 0.335 e. The van der Waals surface area contributed by atoms with Gasteiger partial charge in [-0.15, -0.1) is 0 Å². The monoisotopic (exact) mass is 304 g/mol. The number of likely N-dealkylation sites (N-methyl/N-ethyl adjacent to an activating group) is 1. The Morgan fingerprint density at radius 1 is 1.40 bits per heavy atom. The maximum Gasteiger partial charge on any atom is 0.335 e. The van der Waals surface area contributed by atoms with Crippen LogP contribution in [-0.2, 0) is 14.8 Å². The number of hydrogen-bond acceptors (Lipinski definition) is 4. The van der Waals surface area contributed by atoms with Crippen LogP contribution in [0.15, 0.2) is 23.1 Å². The van der Waals surface area contributed by atoms with Gasteiger partial charge >= 0.3 is 5.97 Å². The van der Waals surface area contributed by atoms with E-state index in [1.165, 1.54) is 6.92 Å². The number of aromatic carboxylic acids is 1. The lowest BCUT2D eigenvalue weighted by molar-refractivity contribution is -0.118. The van der Waals surface area contributed by atoms with E-state index in [4.69, 9.17) is 10.8 Å². The molecule has 110 valence electrons. The van der Waals surface area contributed by atoms with Gasteiger partial charge in [0.05, 0.1) is 12.1 Å². The van der Waals surface area contributed by atoms with Gasteiger partial charge in [-0.1, -0.05) is 6.92 Å². The van der Waals surface area contributed by atoms with E-state index in [1.54, 1.807) is 0 Å². The van der Waals surface area contributed by atoms with Crippen molar-refractivity contribution in [1.29, 1.82) is 0 Å². The zero-order chi connectivity index (χ0) is 15.5. The molecule has 20 heavy (non-hydrogen) atoms. The number of sulfonamides is 1. The summed E-state index contributed by atoms with van der Waals surface area (Å²) in [6, 6.07) is 2.39. The first-order valence-corrected chi connectivity index (χ1v) is 6.95. The molecule has 1 aromatic rings. The minimum Gasteiger partial charge on any atom is -0.478 e. The molecule has 0 saturated carbocycles. The Kier molecular flexibility index (Phi) is 4.79. The molecule has 0 radical (unpaired) electrons. The van der Waals surface area contributed by atoms with Crippen molar-refractivity contribution in [3.63, 3.8) is 0 Å². The summed E-state index contributed by atoms with van der Waals surface area (Å²) in [5.41, 5.74) is 4.55. The molecule has 0 atom stereocenters. The molecule has 1 amide bonds. The molecule has 7 nitrogen and oxygen atoms in total. The molecule has 0 heterocycles. The SMILES string of the molecule is CCN(CC(N)=O)S(=O)(=O)c1cc(C(=O)O)ccc1F. The summed E-state index contributed by atoms with van der Waals surface area (Å²) >= 11 is 0. The van der Waals surface area contributed by atoms with Gasteiger partial charge in [0.15, 0.2) is 0 Å². The second-order valence-electron chi connectivity index (χ2n) is 3.85. The van der Waals surface area contributed by atoms with Crippen LogP contribution < -0.4 is 5.73 Å². The third-order valence-corrected chi connectivity index (χ3v) is 4.42. The Morgan fingerprint density at radius 3 is 2.45 bits per heavy atom. The van der Waals surface area contributed by atoms with Gasteiger partial charge in [-0.3, -0.25) is 4.79 Å². The molecule has 0 fully saturated rings. The number of hydrogen-bond donors (Lipinski definition) is 2. The maximum absolute atomic E-state index is 13.6. The molecule has 0 aliphatic heterocycles. The fraction of sp³-hybridized carbons (Fsp3) is 0.273. The molecular weight excluding hydrogens is 291 g/mol. The van der Waals surface area contributed by atoms with Crippen LogP contribution in [0.5, 0.6) is 0 Å². The van der Waals surface area contributed by atoms with E-state index < -0.39 is 39.2 Å². The normalized spacial score (nSPS) is 11.6. The Hall–Kier alpha value is -2.00. The van der Waals surface area contributed by atoms with Gasteiger partial charge in [0.25, 0.3) is 0 Å². The first-order valence-electron chi connectivity index (χ1n) is 5.51. The standard InChI is InChI=1S/C11H13FN2O5S/c1-2-14(6-10(13)15)20(18,19)9-5-7(11(16)17)3-4-8(9)12/h3-5H,2,6H2,1H3,(H2,13,15)(H,16,17). The van der Waals surface area contributed by atoms with Crippen LogP contribution >= 0.6 is 0 Å². The number of carbonyl (C=O) groups excluding carboxylic acids is 1. The van der Waals surface area contributed by atoms with E-state index >= 15 is 0 Å². The average molecular weight is 304 g/mol. The molecule has 0 aromatic heterocycles. The topological polar surface area (TPSA) is 118 Å². The third-order valence-electron chi connectivity index (χ3n) is 2.48. The zero-order valence-corrected chi connectivity index (χ0v) is 11.4. The summed E-state index contributed by atoms with van der Waals surface area (Å²) in [5, 5.41) is 8.80. The molecule has 0 aliphatic rings. The predicted molar refractivity (Wildman–Crippen MR) is 67.0 cm³/mol. The van der Waals surface area contributed by atoms with Gasteiger partial charge in [0.1, 0.15) is 10.7 Å². The van der Waals surface area contributed by atoms with Crippen molar-refractivity contribution in [2.24, 2.45) is 5.73 Å². The van der Waals surface area contributed by atoms with E-state index in [0.29, 0.717) is 10.4 Å². The number of carboxylic acids is 1. The Morgan fingerprint density at radius 2 is 2.00 bits per heavy atom. The Bertz CT molecular complexity index is 644. The van der Waals surface area contributed by atoms with E-state index in [2.05, 4.69) is 0 Å². The highest BCUT2D eigenvalue weighted by Crippen LogP contribution is 2.20. The number of benzene rings is 1. The van der Waals surface area contributed by atoms with Crippen LogP contribution in [0.1, 0.15) is 17.3 Å². The molecule has 0 unspecified atom stereocenters. The van der Waals surface area contributed by atoms with Crippen molar-refractivity contribution in [3.05, 3.63) is 29.6 Å². The molecule has 0 bridgehead atoms. The lowest BCUT2D eigenvalue weighted by Gasteiger charge is -2.19. The minimum absolute atomic E-state index is 0.109. The highest BCUT2D eigenvalue weighted by atomic mass is 32.2. The first-order chi connectivity index (χ1) is 9.20. The predicted octanol–water partition coefficient (Wildman–Crippen LogP) is 0.0198. The van der Waals surface area contributed by atoms with Crippen LogP contribution in [-0.4, -0.2) is 42.8 Å². The number of nitrogens with zero attached hydrogens (tertiary/aromatic N) is 1. The molecule has 9 heteroatoms. The minimum atomic E-state index is -4.34. The first kappa shape index (κ1) is 16.1. The number of halogens is 1. The van der Waals surface area contributed by atoms with Gasteiger partial charge < -0.3 is 10.8 Å². The number of carboxylic acid groups (broad SMARTS) is 1. The maximum atomic E-state index is 13.6. The van der Waals surface area contributed by atoms with Gasteiger partial charge in [0, 0.05) is 6.54 Å².